The number of rotatable bonds is 6. The van der Waals surface area contributed by atoms with E-state index >= 15 is 0 Å². The van der Waals surface area contributed by atoms with E-state index in [2.05, 4.69) is 51.8 Å². The predicted octanol–water partition coefficient (Wildman–Crippen LogP) is 5.14. The maximum atomic E-state index is 6.29. The molecule has 0 saturated heterocycles. The normalized spacial score (nSPS) is 13.9. The fraction of sp³-hybridized carbons (Fsp3) is 0.500. The van der Waals surface area contributed by atoms with Gasteiger partial charge in [-0.05, 0) is 42.0 Å². The smallest absolute Gasteiger partial charge is 0.192 e. The maximum Gasteiger partial charge on any atom is 0.192 e. The minimum atomic E-state index is -1.75. The van der Waals surface area contributed by atoms with Crippen molar-refractivity contribution in [1.29, 1.82) is 0 Å². The first-order valence-corrected chi connectivity index (χ1v) is 10.2. The molecule has 1 aromatic carbocycles. The first-order valence-electron chi connectivity index (χ1n) is 6.94. The number of hydrogen-bond donors (Lipinski definition) is 1. The van der Waals surface area contributed by atoms with E-state index in [1.165, 1.54) is 0 Å². The van der Waals surface area contributed by atoms with Crippen LogP contribution in [0.3, 0.4) is 0 Å². The second-order valence-electron chi connectivity index (χ2n) is 6.55. The minimum absolute atomic E-state index is 0.0836. The van der Waals surface area contributed by atoms with Crippen LogP contribution in [0.1, 0.15) is 32.4 Å². The van der Waals surface area contributed by atoms with Crippen LogP contribution in [-0.4, -0.2) is 14.9 Å². The van der Waals surface area contributed by atoms with E-state index in [-0.39, 0.29) is 11.1 Å². The van der Waals surface area contributed by atoms with E-state index in [9.17, 15) is 0 Å². The summed E-state index contributed by atoms with van der Waals surface area (Å²) in [7, 11) is -1.75. The van der Waals surface area contributed by atoms with Crippen LogP contribution in [0.25, 0.3) is 0 Å². The molecule has 1 atom stereocenters. The summed E-state index contributed by atoms with van der Waals surface area (Å²) in [5, 5.41) is 4.20. The molecule has 0 aliphatic heterocycles. The highest BCUT2D eigenvalue weighted by Gasteiger charge is 2.37. The van der Waals surface area contributed by atoms with E-state index in [0.29, 0.717) is 6.61 Å². The fourth-order valence-corrected chi connectivity index (χ4v) is 2.83. The van der Waals surface area contributed by atoms with Crippen LogP contribution >= 0.6 is 11.6 Å². The van der Waals surface area contributed by atoms with Gasteiger partial charge in [-0.1, -0.05) is 51.1 Å². The molecular formula is C16H26ClNOSi. The second kappa shape index (κ2) is 6.79. The molecule has 0 aromatic heterocycles. The molecule has 0 aliphatic rings. The molecule has 20 heavy (non-hydrogen) atoms. The Morgan fingerprint density at radius 2 is 2.05 bits per heavy atom. The van der Waals surface area contributed by atoms with Crippen LogP contribution in [0.4, 0.5) is 0 Å². The Morgan fingerprint density at radius 1 is 1.40 bits per heavy atom. The zero-order valence-corrected chi connectivity index (χ0v) is 14.9. The third-order valence-electron chi connectivity index (χ3n) is 3.99. The molecule has 0 unspecified atom stereocenters. The molecule has 0 spiro atoms. The van der Waals surface area contributed by atoms with Crippen LogP contribution < -0.4 is 5.32 Å². The van der Waals surface area contributed by atoms with Crippen LogP contribution in [0.15, 0.2) is 37.0 Å². The number of benzene rings is 1. The van der Waals surface area contributed by atoms with Gasteiger partial charge in [0.1, 0.15) is 0 Å². The molecule has 0 heterocycles. The van der Waals surface area contributed by atoms with E-state index in [0.717, 1.165) is 10.6 Å². The predicted molar refractivity (Wildman–Crippen MR) is 90.7 cm³/mol. The lowest BCUT2D eigenvalue weighted by atomic mass is 10.1. The quantitative estimate of drug-likeness (QED) is 0.735. The van der Waals surface area contributed by atoms with E-state index in [4.69, 9.17) is 16.0 Å². The van der Waals surface area contributed by atoms with Gasteiger partial charge in [-0.3, -0.25) is 0 Å². The highest BCUT2D eigenvalue weighted by Crippen LogP contribution is 2.37. The summed E-state index contributed by atoms with van der Waals surface area (Å²) in [5.74, 6) is 0. The Hall–Kier alpha value is -0.773. The summed E-state index contributed by atoms with van der Waals surface area (Å²) < 4.78 is 6.29. The molecular weight excluding hydrogens is 286 g/mol. The van der Waals surface area contributed by atoms with Crippen LogP contribution in [0.5, 0.6) is 0 Å². The van der Waals surface area contributed by atoms with Crippen molar-refractivity contribution in [2.75, 3.05) is 6.61 Å². The van der Waals surface area contributed by atoms with Gasteiger partial charge < -0.3 is 9.74 Å². The third kappa shape index (κ3) is 4.65. The average Bonchev–Trinajstić information content (AvgIpc) is 2.33. The summed E-state index contributed by atoms with van der Waals surface area (Å²) >= 11 is 6.07. The van der Waals surface area contributed by atoms with Crippen molar-refractivity contribution >= 4 is 19.9 Å². The van der Waals surface area contributed by atoms with Crippen molar-refractivity contribution in [2.45, 2.75) is 44.9 Å². The number of halogens is 1. The number of hydrogen-bond acceptors (Lipinski definition) is 2. The van der Waals surface area contributed by atoms with Crippen molar-refractivity contribution in [3.8, 4) is 0 Å². The van der Waals surface area contributed by atoms with Crippen molar-refractivity contribution in [1.82, 2.24) is 5.32 Å². The zero-order valence-electron chi connectivity index (χ0n) is 13.2. The first kappa shape index (κ1) is 17.3. The monoisotopic (exact) mass is 311 g/mol. The molecule has 0 amide bonds. The second-order valence-corrected chi connectivity index (χ2v) is 11.8. The third-order valence-corrected chi connectivity index (χ3v) is 8.72. The molecule has 0 aliphatic carbocycles. The molecule has 2 nitrogen and oxygen atoms in total. The molecule has 112 valence electrons. The molecule has 0 fully saturated rings. The highest BCUT2D eigenvalue weighted by atomic mass is 35.5. The Balaban J connectivity index is 2.81. The highest BCUT2D eigenvalue weighted by molar-refractivity contribution is 6.74. The van der Waals surface area contributed by atoms with Crippen LogP contribution in [0.2, 0.25) is 23.2 Å². The van der Waals surface area contributed by atoms with Gasteiger partial charge in [0.15, 0.2) is 8.32 Å². The molecule has 0 radical (unpaired) electrons. The van der Waals surface area contributed by atoms with Gasteiger partial charge in [0.2, 0.25) is 0 Å². The van der Waals surface area contributed by atoms with Crippen LogP contribution in [-0.2, 0) is 4.43 Å². The summed E-state index contributed by atoms with van der Waals surface area (Å²) in [6, 6.07) is 7.95. The van der Waals surface area contributed by atoms with E-state index < -0.39 is 8.32 Å². The standard InChI is InChI=1S/C16H26ClNOSi/c1-7-18-15(13-9-8-10-14(17)11-13)12-19-20(5,6)16(2,3)4/h7-11,15,18H,1,12H2,2-6H3/t15-/m1/s1. The van der Waals surface area contributed by atoms with Crippen molar-refractivity contribution in [2.24, 2.45) is 0 Å². The van der Waals surface area contributed by atoms with Gasteiger partial charge in [-0.2, -0.15) is 0 Å². The molecule has 4 heteroatoms. The summed E-state index contributed by atoms with van der Waals surface area (Å²) in [6.07, 6.45) is 1.71. The summed E-state index contributed by atoms with van der Waals surface area (Å²) in [4.78, 5) is 0. The largest absolute Gasteiger partial charge is 0.414 e. The van der Waals surface area contributed by atoms with E-state index in [1.807, 2.05) is 18.2 Å². The Kier molecular flexibility index (Phi) is 5.87. The molecule has 1 aromatic rings. The van der Waals surface area contributed by atoms with Crippen molar-refractivity contribution < 1.29 is 4.43 Å². The first-order chi connectivity index (χ1) is 9.17. The lowest BCUT2D eigenvalue weighted by Gasteiger charge is -2.37. The van der Waals surface area contributed by atoms with Crippen molar-refractivity contribution in [3.05, 3.63) is 47.6 Å². The molecule has 0 saturated carbocycles. The Labute approximate surface area is 129 Å². The fourth-order valence-electron chi connectivity index (χ4n) is 1.61. The summed E-state index contributed by atoms with van der Waals surface area (Å²) in [5.41, 5.74) is 1.12. The topological polar surface area (TPSA) is 21.3 Å². The van der Waals surface area contributed by atoms with Crippen molar-refractivity contribution in [3.63, 3.8) is 0 Å². The summed E-state index contributed by atoms with van der Waals surface area (Å²) in [6.45, 7) is 15.6. The Bertz CT molecular complexity index is 454. The van der Waals surface area contributed by atoms with Gasteiger partial charge >= 0.3 is 0 Å². The Morgan fingerprint density at radius 3 is 2.55 bits per heavy atom. The SMILES string of the molecule is C=CN[C@H](CO[Si](C)(C)C(C)(C)C)c1cccc(Cl)c1. The molecule has 0 bridgehead atoms. The zero-order chi connectivity index (χ0) is 15.4. The van der Waals surface area contributed by atoms with E-state index in [1.54, 1.807) is 6.20 Å². The van der Waals surface area contributed by atoms with Gasteiger partial charge in [-0.15, -0.1) is 0 Å². The van der Waals surface area contributed by atoms with Gasteiger partial charge in [0.05, 0.1) is 12.6 Å². The minimum Gasteiger partial charge on any atom is -0.414 e. The lowest BCUT2D eigenvalue weighted by molar-refractivity contribution is 0.253. The molecule has 1 N–H and O–H groups in total. The maximum absolute atomic E-state index is 6.29. The van der Waals surface area contributed by atoms with Crippen LogP contribution in [0, 0.1) is 0 Å². The van der Waals surface area contributed by atoms with Gasteiger partial charge in [0, 0.05) is 5.02 Å². The average molecular weight is 312 g/mol. The number of nitrogens with one attached hydrogen (secondary N) is 1. The van der Waals surface area contributed by atoms with Gasteiger partial charge in [0.25, 0.3) is 0 Å². The molecule has 1 rings (SSSR count). The van der Waals surface area contributed by atoms with Gasteiger partial charge in [-0.25, -0.2) is 0 Å². The lowest BCUT2D eigenvalue weighted by Crippen LogP contribution is -2.42.